The summed E-state index contributed by atoms with van der Waals surface area (Å²) in [6.07, 6.45) is 1.57. The zero-order valence-corrected chi connectivity index (χ0v) is 12.4. The first kappa shape index (κ1) is 15.9. The average Bonchev–Trinajstić information content (AvgIpc) is 2.53. The number of rotatable bonds is 5. The number of carbonyl (C=O) groups is 1. The van der Waals surface area contributed by atoms with Gasteiger partial charge in [-0.05, 0) is 38.1 Å². The number of pyridine rings is 1. The maximum absolute atomic E-state index is 13.5. The molecule has 1 aromatic carbocycles. The first-order chi connectivity index (χ1) is 10.6. The molecule has 0 bridgehead atoms. The van der Waals surface area contributed by atoms with Gasteiger partial charge in [-0.15, -0.1) is 0 Å². The number of nitrogens with one attached hydrogen (secondary N) is 1. The quantitative estimate of drug-likeness (QED) is 0.920. The summed E-state index contributed by atoms with van der Waals surface area (Å²) in [4.78, 5) is 18.1. The molecule has 0 aliphatic rings. The van der Waals surface area contributed by atoms with Gasteiger partial charge in [-0.25, -0.2) is 13.8 Å². The third-order valence-electron chi connectivity index (χ3n) is 3.31. The summed E-state index contributed by atoms with van der Waals surface area (Å²) in [7, 11) is 0. The number of halogens is 2. The Morgan fingerprint density at radius 2 is 1.77 bits per heavy atom. The van der Waals surface area contributed by atoms with Gasteiger partial charge in [0.05, 0.1) is 11.9 Å². The van der Waals surface area contributed by atoms with Gasteiger partial charge in [0.2, 0.25) is 0 Å². The minimum atomic E-state index is -0.826. The van der Waals surface area contributed by atoms with E-state index in [4.69, 9.17) is 0 Å². The van der Waals surface area contributed by atoms with Crippen molar-refractivity contribution in [3.63, 3.8) is 0 Å². The molecule has 0 saturated carbocycles. The number of anilines is 2. The molecule has 22 heavy (non-hydrogen) atoms. The Bertz CT molecular complexity index is 635. The van der Waals surface area contributed by atoms with Crippen molar-refractivity contribution in [2.45, 2.75) is 13.8 Å². The normalized spacial score (nSPS) is 10.4. The zero-order valence-electron chi connectivity index (χ0n) is 12.4. The van der Waals surface area contributed by atoms with E-state index in [-0.39, 0.29) is 5.69 Å². The molecule has 116 valence electrons. The topological polar surface area (TPSA) is 45.2 Å². The molecule has 0 spiro atoms. The van der Waals surface area contributed by atoms with Crippen LogP contribution >= 0.6 is 0 Å². The summed E-state index contributed by atoms with van der Waals surface area (Å²) >= 11 is 0. The Hall–Kier alpha value is -2.50. The fraction of sp³-hybridized carbons (Fsp3) is 0.250. The van der Waals surface area contributed by atoms with Gasteiger partial charge in [-0.2, -0.15) is 0 Å². The minimum absolute atomic E-state index is 0.0959. The maximum Gasteiger partial charge on any atom is 0.274 e. The lowest BCUT2D eigenvalue weighted by molar-refractivity contribution is 0.102. The van der Waals surface area contributed by atoms with E-state index in [9.17, 15) is 13.6 Å². The highest BCUT2D eigenvalue weighted by Gasteiger charge is 2.14. The van der Waals surface area contributed by atoms with Crippen LogP contribution in [0.15, 0.2) is 36.5 Å². The van der Waals surface area contributed by atoms with Crippen LogP contribution in [-0.4, -0.2) is 24.0 Å². The van der Waals surface area contributed by atoms with Crippen molar-refractivity contribution in [3.8, 4) is 0 Å². The summed E-state index contributed by atoms with van der Waals surface area (Å²) in [6.45, 7) is 5.68. The van der Waals surface area contributed by atoms with Gasteiger partial charge in [0, 0.05) is 13.1 Å². The Morgan fingerprint density at radius 1 is 1.14 bits per heavy atom. The number of benzene rings is 1. The lowest BCUT2D eigenvalue weighted by Gasteiger charge is -2.20. The molecular formula is C16H17F2N3O. The SMILES string of the molecule is CCN(CC)c1ccc(C(=O)Nc2c(F)cccc2F)nc1. The van der Waals surface area contributed by atoms with Crippen molar-refractivity contribution in [3.05, 3.63) is 53.9 Å². The van der Waals surface area contributed by atoms with E-state index in [1.54, 1.807) is 12.3 Å². The van der Waals surface area contributed by atoms with Gasteiger partial charge >= 0.3 is 0 Å². The largest absolute Gasteiger partial charge is 0.371 e. The van der Waals surface area contributed by atoms with E-state index in [2.05, 4.69) is 15.2 Å². The van der Waals surface area contributed by atoms with Gasteiger partial charge in [0.1, 0.15) is 23.0 Å². The summed E-state index contributed by atoms with van der Waals surface area (Å²) in [5.41, 5.74) is 0.513. The Morgan fingerprint density at radius 3 is 2.27 bits per heavy atom. The molecule has 0 fully saturated rings. The molecule has 1 aromatic heterocycles. The molecule has 1 N–H and O–H groups in total. The van der Waals surface area contributed by atoms with E-state index in [1.165, 1.54) is 12.1 Å². The van der Waals surface area contributed by atoms with Gasteiger partial charge in [-0.3, -0.25) is 4.79 Å². The molecule has 0 aliphatic carbocycles. The molecule has 2 aromatic rings. The zero-order chi connectivity index (χ0) is 16.1. The molecule has 0 aliphatic heterocycles. The lowest BCUT2D eigenvalue weighted by atomic mass is 10.2. The highest BCUT2D eigenvalue weighted by Crippen LogP contribution is 2.19. The molecule has 2 rings (SSSR count). The Balaban J connectivity index is 2.17. The fourth-order valence-corrected chi connectivity index (χ4v) is 2.09. The smallest absolute Gasteiger partial charge is 0.274 e. The van der Waals surface area contributed by atoms with E-state index in [0.717, 1.165) is 30.9 Å². The standard InChI is InChI=1S/C16H17F2N3O/c1-3-21(4-2)11-8-9-14(19-10-11)16(22)20-15-12(17)6-5-7-13(15)18/h5-10H,3-4H2,1-2H3,(H,20,22). The van der Waals surface area contributed by atoms with Crippen LogP contribution in [0.2, 0.25) is 0 Å². The molecule has 0 saturated heterocycles. The number of hydrogen-bond donors (Lipinski definition) is 1. The van der Waals surface area contributed by atoms with E-state index in [1.807, 2.05) is 13.8 Å². The predicted molar refractivity (Wildman–Crippen MR) is 82.1 cm³/mol. The first-order valence-corrected chi connectivity index (χ1v) is 7.03. The second-order valence-electron chi connectivity index (χ2n) is 4.62. The third kappa shape index (κ3) is 3.39. The number of aromatic nitrogens is 1. The van der Waals surface area contributed by atoms with Crippen molar-refractivity contribution >= 4 is 17.3 Å². The van der Waals surface area contributed by atoms with Crippen LogP contribution in [0.5, 0.6) is 0 Å². The molecule has 1 amide bonds. The average molecular weight is 305 g/mol. The van der Waals surface area contributed by atoms with Crippen LogP contribution in [-0.2, 0) is 0 Å². The number of hydrogen-bond acceptors (Lipinski definition) is 3. The molecule has 0 unspecified atom stereocenters. The number of para-hydroxylation sites is 1. The van der Waals surface area contributed by atoms with Crippen LogP contribution < -0.4 is 10.2 Å². The number of carbonyl (C=O) groups excluding carboxylic acids is 1. The van der Waals surface area contributed by atoms with Crippen molar-refractivity contribution < 1.29 is 13.6 Å². The lowest BCUT2D eigenvalue weighted by Crippen LogP contribution is -2.22. The number of amides is 1. The van der Waals surface area contributed by atoms with Crippen LogP contribution in [0.4, 0.5) is 20.2 Å². The van der Waals surface area contributed by atoms with Crippen molar-refractivity contribution in [2.75, 3.05) is 23.3 Å². The first-order valence-electron chi connectivity index (χ1n) is 7.03. The molecule has 4 nitrogen and oxygen atoms in total. The molecule has 0 radical (unpaired) electrons. The third-order valence-corrected chi connectivity index (χ3v) is 3.31. The van der Waals surface area contributed by atoms with Crippen LogP contribution in [0, 0.1) is 11.6 Å². The maximum atomic E-state index is 13.5. The summed E-state index contributed by atoms with van der Waals surface area (Å²) in [5, 5.41) is 2.21. The van der Waals surface area contributed by atoms with Crippen molar-refractivity contribution in [1.29, 1.82) is 0 Å². The van der Waals surface area contributed by atoms with E-state index < -0.39 is 23.2 Å². The molecule has 6 heteroatoms. The van der Waals surface area contributed by atoms with E-state index >= 15 is 0 Å². The monoisotopic (exact) mass is 305 g/mol. The van der Waals surface area contributed by atoms with Crippen LogP contribution in [0.25, 0.3) is 0 Å². The van der Waals surface area contributed by atoms with Gasteiger partial charge in [-0.1, -0.05) is 6.07 Å². The van der Waals surface area contributed by atoms with Crippen molar-refractivity contribution in [2.24, 2.45) is 0 Å². The second kappa shape index (κ2) is 6.98. The summed E-state index contributed by atoms with van der Waals surface area (Å²) < 4.78 is 27.0. The highest BCUT2D eigenvalue weighted by molar-refractivity contribution is 6.03. The Kier molecular flexibility index (Phi) is 5.04. The summed E-state index contributed by atoms with van der Waals surface area (Å²) in [5.74, 6) is -2.31. The van der Waals surface area contributed by atoms with Gasteiger partial charge in [0.25, 0.3) is 5.91 Å². The van der Waals surface area contributed by atoms with Crippen LogP contribution in [0.3, 0.4) is 0 Å². The molecular weight excluding hydrogens is 288 g/mol. The summed E-state index contributed by atoms with van der Waals surface area (Å²) in [6, 6.07) is 6.68. The van der Waals surface area contributed by atoms with Crippen LogP contribution in [0.1, 0.15) is 24.3 Å². The highest BCUT2D eigenvalue weighted by atomic mass is 19.1. The number of nitrogens with zero attached hydrogens (tertiary/aromatic N) is 2. The minimum Gasteiger partial charge on any atom is -0.371 e. The van der Waals surface area contributed by atoms with E-state index in [0.29, 0.717) is 0 Å². The second-order valence-corrected chi connectivity index (χ2v) is 4.62. The van der Waals surface area contributed by atoms with Crippen molar-refractivity contribution in [1.82, 2.24) is 4.98 Å². The molecule has 0 atom stereocenters. The van der Waals surface area contributed by atoms with Gasteiger partial charge in [0.15, 0.2) is 0 Å². The fourth-order valence-electron chi connectivity index (χ4n) is 2.09. The van der Waals surface area contributed by atoms with Gasteiger partial charge < -0.3 is 10.2 Å². The predicted octanol–water partition coefficient (Wildman–Crippen LogP) is 3.46. The Labute approximate surface area is 127 Å². The molecule has 1 heterocycles.